The predicted molar refractivity (Wildman–Crippen MR) is 70.8 cm³/mol. The Labute approximate surface area is 107 Å². The molecule has 0 bridgehead atoms. The molecule has 0 saturated heterocycles. The summed E-state index contributed by atoms with van der Waals surface area (Å²) in [5.74, 6) is 1.59. The van der Waals surface area contributed by atoms with Crippen LogP contribution < -0.4 is 10.1 Å². The van der Waals surface area contributed by atoms with Gasteiger partial charge in [0.05, 0.1) is 6.61 Å². The summed E-state index contributed by atoms with van der Waals surface area (Å²) in [7, 11) is 1.79. The number of hydrogen-bond donors (Lipinski definition) is 1. The molecule has 1 N–H and O–H groups in total. The first-order chi connectivity index (χ1) is 8.30. The quantitative estimate of drug-likeness (QED) is 0.570. The normalized spacial score (nSPS) is 10.3. The third-order valence-corrected chi connectivity index (χ3v) is 3.00. The van der Waals surface area contributed by atoms with E-state index in [1.807, 2.05) is 6.92 Å². The van der Waals surface area contributed by atoms with Gasteiger partial charge < -0.3 is 10.1 Å². The lowest BCUT2D eigenvalue weighted by Crippen LogP contribution is -2.04. The molecule has 0 aliphatic carbocycles. The van der Waals surface area contributed by atoms with Crippen LogP contribution >= 0.6 is 11.8 Å². The molecule has 1 rings (SSSR count). The molecule has 0 saturated carbocycles. The number of thioether (sulfide) groups is 1. The minimum Gasteiger partial charge on any atom is -0.464 e. The number of nitrogens with one attached hydrogen (secondary N) is 1. The zero-order valence-electron chi connectivity index (χ0n) is 10.7. The van der Waals surface area contributed by atoms with Gasteiger partial charge in [0.15, 0.2) is 5.16 Å². The van der Waals surface area contributed by atoms with Crippen LogP contribution in [-0.4, -0.2) is 34.4 Å². The Morgan fingerprint density at radius 2 is 2.00 bits per heavy atom. The second-order valence-corrected chi connectivity index (χ2v) is 4.52. The highest BCUT2D eigenvalue weighted by Crippen LogP contribution is 2.18. The Morgan fingerprint density at radius 1 is 1.18 bits per heavy atom. The summed E-state index contributed by atoms with van der Waals surface area (Å²) < 4.78 is 5.30. The average Bonchev–Trinajstić information content (AvgIpc) is 2.35. The van der Waals surface area contributed by atoms with Crippen LogP contribution in [0, 0.1) is 0 Å². The molecule has 0 aliphatic heterocycles. The maximum atomic E-state index is 5.30. The molecular weight excluding hydrogens is 236 g/mol. The Balaban J connectivity index is 2.59. The van der Waals surface area contributed by atoms with Gasteiger partial charge in [-0.3, -0.25) is 0 Å². The third-order valence-electron chi connectivity index (χ3n) is 2.07. The lowest BCUT2D eigenvalue weighted by Gasteiger charge is -2.06. The molecule has 17 heavy (non-hydrogen) atoms. The van der Waals surface area contributed by atoms with E-state index in [0.717, 1.165) is 10.9 Å². The molecule has 0 amide bonds. The predicted octanol–water partition coefficient (Wildman–Crippen LogP) is 2.59. The van der Waals surface area contributed by atoms with Gasteiger partial charge >= 0.3 is 6.01 Å². The standard InChI is InChI=1S/C11H20N4OS/c1-4-6-7-8-17-11-14-9(12-3)13-10(15-11)16-5-2/h4-8H2,1-3H3,(H,12,13,14,15). The van der Waals surface area contributed by atoms with Gasteiger partial charge in [0.1, 0.15) is 0 Å². The summed E-state index contributed by atoms with van der Waals surface area (Å²) >= 11 is 1.65. The van der Waals surface area contributed by atoms with Gasteiger partial charge in [-0.15, -0.1) is 0 Å². The number of aromatic nitrogens is 3. The van der Waals surface area contributed by atoms with E-state index in [9.17, 15) is 0 Å². The van der Waals surface area contributed by atoms with Crippen molar-refractivity contribution in [2.75, 3.05) is 24.7 Å². The van der Waals surface area contributed by atoms with Crippen LogP contribution in [0.1, 0.15) is 33.1 Å². The summed E-state index contributed by atoms with van der Waals surface area (Å²) in [4.78, 5) is 12.6. The van der Waals surface area contributed by atoms with Crippen LogP contribution in [0.4, 0.5) is 5.95 Å². The van der Waals surface area contributed by atoms with E-state index in [1.165, 1.54) is 19.3 Å². The maximum Gasteiger partial charge on any atom is 0.322 e. The van der Waals surface area contributed by atoms with Crippen molar-refractivity contribution in [1.82, 2.24) is 15.0 Å². The summed E-state index contributed by atoms with van der Waals surface area (Å²) in [6.07, 6.45) is 3.66. The molecular formula is C11H20N4OS. The van der Waals surface area contributed by atoms with Crippen LogP contribution in [0.15, 0.2) is 5.16 Å². The summed E-state index contributed by atoms with van der Waals surface area (Å²) in [5.41, 5.74) is 0. The van der Waals surface area contributed by atoms with Gasteiger partial charge in [-0.25, -0.2) is 0 Å². The van der Waals surface area contributed by atoms with E-state index >= 15 is 0 Å². The van der Waals surface area contributed by atoms with Crippen LogP contribution in [0.2, 0.25) is 0 Å². The third kappa shape index (κ3) is 5.21. The van der Waals surface area contributed by atoms with Crippen molar-refractivity contribution < 1.29 is 4.74 Å². The highest BCUT2D eigenvalue weighted by Gasteiger charge is 2.06. The highest BCUT2D eigenvalue weighted by atomic mass is 32.2. The zero-order chi connectivity index (χ0) is 12.5. The van der Waals surface area contributed by atoms with Crippen molar-refractivity contribution in [3.05, 3.63) is 0 Å². The van der Waals surface area contributed by atoms with Crippen molar-refractivity contribution in [1.29, 1.82) is 0 Å². The summed E-state index contributed by atoms with van der Waals surface area (Å²) in [5, 5.41) is 3.64. The van der Waals surface area contributed by atoms with E-state index in [4.69, 9.17) is 4.74 Å². The van der Waals surface area contributed by atoms with E-state index in [-0.39, 0.29) is 0 Å². The van der Waals surface area contributed by atoms with Crippen LogP contribution in [0.25, 0.3) is 0 Å². The second kappa shape index (κ2) is 8.11. The lowest BCUT2D eigenvalue weighted by molar-refractivity contribution is 0.308. The lowest BCUT2D eigenvalue weighted by atomic mass is 10.3. The molecule has 1 aromatic heterocycles. The monoisotopic (exact) mass is 256 g/mol. The number of nitrogens with zero attached hydrogens (tertiary/aromatic N) is 3. The average molecular weight is 256 g/mol. The molecule has 0 atom stereocenters. The topological polar surface area (TPSA) is 59.9 Å². The van der Waals surface area contributed by atoms with Crippen molar-refractivity contribution in [3.63, 3.8) is 0 Å². The molecule has 0 radical (unpaired) electrons. The Bertz CT molecular complexity index is 335. The number of ether oxygens (including phenoxy) is 1. The summed E-state index contributed by atoms with van der Waals surface area (Å²) in [6.45, 7) is 4.67. The minimum absolute atomic E-state index is 0.393. The smallest absolute Gasteiger partial charge is 0.322 e. The van der Waals surface area contributed by atoms with Crippen LogP contribution in [-0.2, 0) is 0 Å². The molecule has 0 aliphatic rings. The van der Waals surface area contributed by atoms with Crippen molar-refractivity contribution in [2.24, 2.45) is 0 Å². The largest absolute Gasteiger partial charge is 0.464 e. The molecule has 0 aromatic carbocycles. The van der Waals surface area contributed by atoms with Gasteiger partial charge in [0.2, 0.25) is 5.95 Å². The minimum atomic E-state index is 0.393. The van der Waals surface area contributed by atoms with E-state index in [2.05, 4.69) is 27.2 Å². The van der Waals surface area contributed by atoms with Crippen LogP contribution in [0.5, 0.6) is 6.01 Å². The van der Waals surface area contributed by atoms with E-state index in [0.29, 0.717) is 18.6 Å². The second-order valence-electron chi connectivity index (χ2n) is 3.46. The van der Waals surface area contributed by atoms with Gasteiger partial charge in [-0.1, -0.05) is 31.5 Å². The Kier molecular flexibility index (Phi) is 6.69. The van der Waals surface area contributed by atoms with Gasteiger partial charge in [-0.2, -0.15) is 15.0 Å². The summed E-state index contributed by atoms with van der Waals surface area (Å²) in [6, 6.07) is 0.393. The molecule has 0 unspecified atom stereocenters. The molecule has 1 aromatic rings. The highest BCUT2D eigenvalue weighted by molar-refractivity contribution is 7.99. The SMILES string of the molecule is CCCCCSc1nc(NC)nc(OCC)n1. The van der Waals surface area contributed by atoms with E-state index in [1.54, 1.807) is 18.8 Å². The molecule has 6 heteroatoms. The fourth-order valence-corrected chi connectivity index (χ4v) is 2.05. The zero-order valence-corrected chi connectivity index (χ0v) is 11.5. The van der Waals surface area contributed by atoms with Crippen molar-refractivity contribution in [2.45, 2.75) is 38.3 Å². The Morgan fingerprint density at radius 3 is 2.65 bits per heavy atom. The first-order valence-electron chi connectivity index (χ1n) is 5.99. The number of hydrogen-bond acceptors (Lipinski definition) is 6. The van der Waals surface area contributed by atoms with Gasteiger partial charge in [0, 0.05) is 12.8 Å². The van der Waals surface area contributed by atoms with Crippen LogP contribution in [0.3, 0.4) is 0 Å². The molecule has 5 nitrogen and oxygen atoms in total. The Hall–Kier alpha value is -1.04. The fourth-order valence-electron chi connectivity index (χ4n) is 1.22. The number of unbranched alkanes of at least 4 members (excludes halogenated alkanes) is 2. The van der Waals surface area contributed by atoms with E-state index < -0.39 is 0 Å². The van der Waals surface area contributed by atoms with Gasteiger partial charge in [0.25, 0.3) is 0 Å². The molecule has 1 heterocycles. The molecule has 0 spiro atoms. The first-order valence-corrected chi connectivity index (χ1v) is 6.98. The fraction of sp³-hybridized carbons (Fsp3) is 0.727. The van der Waals surface area contributed by atoms with Gasteiger partial charge in [-0.05, 0) is 13.3 Å². The number of rotatable bonds is 8. The first kappa shape index (κ1) is 14.0. The van der Waals surface area contributed by atoms with Crippen molar-refractivity contribution in [3.8, 4) is 6.01 Å². The maximum absolute atomic E-state index is 5.30. The number of anilines is 1. The molecule has 96 valence electrons. The van der Waals surface area contributed by atoms with Crippen molar-refractivity contribution >= 4 is 17.7 Å². The molecule has 0 fully saturated rings.